The maximum atomic E-state index is 5.44. The quantitative estimate of drug-likeness (QED) is 0.483. The summed E-state index contributed by atoms with van der Waals surface area (Å²) in [5, 5.41) is 6.63. The van der Waals surface area contributed by atoms with Crippen LogP contribution in [-0.2, 0) is 13.0 Å². The number of benzene rings is 1. The van der Waals surface area contributed by atoms with Crippen LogP contribution in [0.5, 0.6) is 17.4 Å². The van der Waals surface area contributed by atoms with Gasteiger partial charge in [-0.3, -0.25) is 0 Å². The molecule has 152 valence electrons. The molecule has 0 radical (unpaired) electrons. The second-order valence-electron chi connectivity index (χ2n) is 6.00. The Bertz CT molecular complexity index is 765. The maximum Gasteiger partial charge on any atom is 0.213 e. The van der Waals surface area contributed by atoms with Crippen LogP contribution in [0.4, 0.5) is 0 Å². The number of nitrogens with one attached hydrogen (secondary N) is 2. The van der Waals surface area contributed by atoms with Gasteiger partial charge in [0, 0.05) is 25.4 Å². The molecule has 2 N–H and O–H groups in total. The molecular formula is C21H30N4O3. The SMILES string of the molecule is CCNC(=NCc1ccnc(OCC)c1)NCCc1ccc(OC)c(OC)c1. The number of aromatic nitrogens is 1. The highest BCUT2D eigenvalue weighted by Crippen LogP contribution is 2.27. The van der Waals surface area contributed by atoms with Gasteiger partial charge in [-0.1, -0.05) is 6.07 Å². The molecule has 1 heterocycles. The van der Waals surface area contributed by atoms with Crippen LogP contribution < -0.4 is 24.8 Å². The van der Waals surface area contributed by atoms with Crippen molar-refractivity contribution in [2.45, 2.75) is 26.8 Å². The molecule has 0 unspecified atom stereocenters. The van der Waals surface area contributed by atoms with E-state index in [2.05, 4.69) is 20.6 Å². The predicted molar refractivity (Wildman–Crippen MR) is 111 cm³/mol. The molecule has 0 bridgehead atoms. The van der Waals surface area contributed by atoms with E-state index < -0.39 is 0 Å². The Hall–Kier alpha value is -2.96. The summed E-state index contributed by atoms with van der Waals surface area (Å²) in [4.78, 5) is 8.82. The van der Waals surface area contributed by atoms with Gasteiger partial charge in [-0.15, -0.1) is 0 Å². The number of rotatable bonds is 10. The Morgan fingerprint density at radius 3 is 2.54 bits per heavy atom. The largest absolute Gasteiger partial charge is 0.493 e. The normalized spacial score (nSPS) is 11.1. The molecule has 0 aliphatic carbocycles. The highest BCUT2D eigenvalue weighted by Gasteiger charge is 2.05. The minimum Gasteiger partial charge on any atom is -0.493 e. The van der Waals surface area contributed by atoms with E-state index in [9.17, 15) is 0 Å². The van der Waals surface area contributed by atoms with Crippen molar-refractivity contribution in [3.63, 3.8) is 0 Å². The molecule has 0 aliphatic heterocycles. The van der Waals surface area contributed by atoms with Crippen LogP contribution in [0.2, 0.25) is 0 Å². The number of hydrogen-bond acceptors (Lipinski definition) is 5. The van der Waals surface area contributed by atoms with Gasteiger partial charge in [-0.2, -0.15) is 0 Å². The van der Waals surface area contributed by atoms with Gasteiger partial charge in [0.1, 0.15) is 0 Å². The summed E-state index contributed by atoms with van der Waals surface area (Å²) in [5.41, 5.74) is 2.21. The van der Waals surface area contributed by atoms with Crippen molar-refractivity contribution in [2.24, 2.45) is 4.99 Å². The number of ether oxygens (including phenoxy) is 3. The Kier molecular flexibility index (Phi) is 8.91. The summed E-state index contributed by atoms with van der Waals surface area (Å²) < 4.78 is 16.1. The van der Waals surface area contributed by atoms with Crippen molar-refractivity contribution in [1.29, 1.82) is 0 Å². The predicted octanol–water partition coefficient (Wildman–Crippen LogP) is 2.80. The summed E-state index contributed by atoms with van der Waals surface area (Å²) in [6, 6.07) is 9.82. The zero-order valence-electron chi connectivity index (χ0n) is 17.1. The third kappa shape index (κ3) is 6.64. The van der Waals surface area contributed by atoms with Crippen LogP contribution in [0.1, 0.15) is 25.0 Å². The lowest BCUT2D eigenvalue weighted by Gasteiger charge is -2.13. The molecule has 2 aromatic rings. The summed E-state index contributed by atoms with van der Waals surface area (Å²) in [6.45, 7) is 6.68. The highest BCUT2D eigenvalue weighted by atomic mass is 16.5. The molecular weight excluding hydrogens is 356 g/mol. The molecule has 7 heteroatoms. The van der Waals surface area contributed by atoms with Crippen LogP contribution in [0.15, 0.2) is 41.5 Å². The molecule has 7 nitrogen and oxygen atoms in total. The van der Waals surface area contributed by atoms with Crippen LogP contribution in [0.3, 0.4) is 0 Å². The van der Waals surface area contributed by atoms with E-state index in [-0.39, 0.29) is 0 Å². The van der Waals surface area contributed by atoms with E-state index >= 15 is 0 Å². The molecule has 1 aromatic heterocycles. The average Bonchev–Trinajstić information content (AvgIpc) is 2.72. The van der Waals surface area contributed by atoms with Crippen LogP contribution in [-0.4, -0.2) is 44.9 Å². The van der Waals surface area contributed by atoms with Gasteiger partial charge in [0.05, 0.1) is 27.4 Å². The van der Waals surface area contributed by atoms with Crippen molar-refractivity contribution in [3.05, 3.63) is 47.7 Å². The summed E-state index contributed by atoms with van der Waals surface area (Å²) in [7, 11) is 3.28. The van der Waals surface area contributed by atoms with Crippen molar-refractivity contribution in [2.75, 3.05) is 33.9 Å². The number of nitrogens with zero attached hydrogens (tertiary/aromatic N) is 2. The van der Waals surface area contributed by atoms with Gasteiger partial charge in [0.2, 0.25) is 5.88 Å². The van der Waals surface area contributed by atoms with Gasteiger partial charge in [0.15, 0.2) is 17.5 Å². The molecule has 1 aromatic carbocycles. The molecule has 0 atom stereocenters. The van der Waals surface area contributed by atoms with Crippen molar-refractivity contribution < 1.29 is 14.2 Å². The van der Waals surface area contributed by atoms with Gasteiger partial charge >= 0.3 is 0 Å². The number of guanidine groups is 1. The van der Waals surface area contributed by atoms with E-state index in [1.807, 2.05) is 44.2 Å². The van der Waals surface area contributed by atoms with E-state index in [4.69, 9.17) is 14.2 Å². The number of aliphatic imine (C=N–C) groups is 1. The Balaban J connectivity index is 1.93. The van der Waals surface area contributed by atoms with Gasteiger partial charge in [0.25, 0.3) is 0 Å². The molecule has 0 saturated carbocycles. The smallest absolute Gasteiger partial charge is 0.213 e. The molecule has 0 spiro atoms. The van der Waals surface area contributed by atoms with E-state index in [1.165, 1.54) is 0 Å². The fourth-order valence-electron chi connectivity index (χ4n) is 2.65. The molecule has 0 amide bonds. The first-order chi connectivity index (χ1) is 13.7. The minimum atomic E-state index is 0.550. The van der Waals surface area contributed by atoms with E-state index in [1.54, 1.807) is 20.4 Å². The molecule has 0 saturated heterocycles. The number of hydrogen-bond donors (Lipinski definition) is 2. The molecule has 2 rings (SSSR count). The fraction of sp³-hybridized carbons (Fsp3) is 0.429. The topological polar surface area (TPSA) is 77.0 Å². The summed E-state index contributed by atoms with van der Waals surface area (Å²) in [6.07, 6.45) is 2.59. The monoisotopic (exact) mass is 386 g/mol. The average molecular weight is 386 g/mol. The zero-order chi connectivity index (χ0) is 20.2. The fourth-order valence-corrected chi connectivity index (χ4v) is 2.65. The van der Waals surface area contributed by atoms with Crippen LogP contribution in [0, 0.1) is 0 Å². The standard InChI is InChI=1S/C21H30N4O3/c1-5-22-21(25-15-17-10-11-23-20(14-17)28-6-2)24-12-9-16-7-8-18(26-3)19(13-16)27-4/h7-8,10-11,13-14H,5-6,9,12,15H2,1-4H3,(H2,22,24,25). The molecule has 28 heavy (non-hydrogen) atoms. The Morgan fingerprint density at radius 1 is 1.00 bits per heavy atom. The van der Waals surface area contributed by atoms with E-state index in [0.29, 0.717) is 19.0 Å². The zero-order valence-corrected chi connectivity index (χ0v) is 17.1. The Labute approximate surface area is 167 Å². The number of pyridine rings is 1. The van der Waals surface area contributed by atoms with Gasteiger partial charge in [-0.25, -0.2) is 9.98 Å². The van der Waals surface area contributed by atoms with Gasteiger partial charge in [-0.05, 0) is 49.6 Å². The van der Waals surface area contributed by atoms with Crippen LogP contribution >= 0.6 is 0 Å². The Morgan fingerprint density at radius 2 is 1.82 bits per heavy atom. The summed E-state index contributed by atoms with van der Waals surface area (Å²) >= 11 is 0. The molecule has 0 fully saturated rings. The van der Waals surface area contributed by atoms with Crippen molar-refractivity contribution >= 4 is 5.96 Å². The van der Waals surface area contributed by atoms with Crippen molar-refractivity contribution in [3.8, 4) is 17.4 Å². The first-order valence-corrected chi connectivity index (χ1v) is 9.51. The maximum absolute atomic E-state index is 5.44. The lowest BCUT2D eigenvalue weighted by atomic mass is 10.1. The molecule has 0 aliphatic rings. The first-order valence-electron chi connectivity index (χ1n) is 9.51. The second-order valence-corrected chi connectivity index (χ2v) is 6.00. The van der Waals surface area contributed by atoms with E-state index in [0.717, 1.165) is 48.1 Å². The summed E-state index contributed by atoms with van der Waals surface area (Å²) in [5.74, 6) is 2.88. The lowest BCUT2D eigenvalue weighted by molar-refractivity contribution is 0.326. The second kappa shape index (κ2) is 11.7. The third-order valence-electron chi connectivity index (χ3n) is 4.01. The van der Waals surface area contributed by atoms with Gasteiger partial charge < -0.3 is 24.8 Å². The third-order valence-corrected chi connectivity index (χ3v) is 4.01. The number of methoxy groups -OCH3 is 2. The van der Waals surface area contributed by atoms with Crippen molar-refractivity contribution in [1.82, 2.24) is 15.6 Å². The van der Waals surface area contributed by atoms with Crippen LogP contribution in [0.25, 0.3) is 0 Å². The lowest BCUT2D eigenvalue weighted by Crippen LogP contribution is -2.38. The minimum absolute atomic E-state index is 0.550. The highest BCUT2D eigenvalue weighted by molar-refractivity contribution is 5.79. The first kappa shape index (κ1) is 21.3.